The first-order valence-electron chi connectivity index (χ1n) is 4.46. The van der Waals surface area contributed by atoms with E-state index < -0.39 is 23.5 Å². The van der Waals surface area contributed by atoms with Gasteiger partial charge in [0.05, 0.1) is 5.56 Å². The second kappa shape index (κ2) is 2.95. The van der Waals surface area contributed by atoms with Crippen LogP contribution in [0.5, 0.6) is 0 Å². The third kappa shape index (κ3) is 1.71. The maximum absolute atomic E-state index is 13.6. The van der Waals surface area contributed by atoms with Gasteiger partial charge in [-0.3, -0.25) is 0 Å². The lowest BCUT2D eigenvalue weighted by Gasteiger charge is -2.09. The normalized spacial score (nSPS) is 30.3. The molecule has 0 bridgehead atoms. The Labute approximate surface area is 83.9 Å². The molecule has 0 aromatic heterocycles. The van der Waals surface area contributed by atoms with Gasteiger partial charge in [-0.1, -0.05) is 12.1 Å². The molecule has 0 unspecified atom stereocenters. The van der Waals surface area contributed by atoms with Crippen LogP contribution in [0.25, 0.3) is 0 Å². The molecular weight excluding hydrogens is 210 g/mol. The Morgan fingerprint density at radius 1 is 1.20 bits per heavy atom. The van der Waals surface area contributed by atoms with E-state index in [0.717, 1.165) is 24.3 Å². The SMILES string of the molecule is N[C@H]1C[C@]1(F)c1ccc(C(F)(F)F)cc1. The van der Waals surface area contributed by atoms with Gasteiger partial charge in [0.2, 0.25) is 0 Å². The van der Waals surface area contributed by atoms with Crippen LogP contribution < -0.4 is 5.73 Å². The summed E-state index contributed by atoms with van der Waals surface area (Å²) in [6.45, 7) is 0. The third-order valence-electron chi connectivity index (χ3n) is 2.64. The van der Waals surface area contributed by atoms with Gasteiger partial charge in [0, 0.05) is 12.5 Å². The summed E-state index contributed by atoms with van der Waals surface area (Å²) in [5.74, 6) is 0. The maximum Gasteiger partial charge on any atom is 0.416 e. The van der Waals surface area contributed by atoms with Crippen LogP contribution in [0.2, 0.25) is 0 Å². The molecule has 82 valence electrons. The summed E-state index contributed by atoms with van der Waals surface area (Å²) >= 11 is 0. The van der Waals surface area contributed by atoms with Gasteiger partial charge in [-0.25, -0.2) is 4.39 Å². The second-order valence-electron chi connectivity index (χ2n) is 3.75. The molecule has 2 N–H and O–H groups in total. The number of hydrogen-bond acceptors (Lipinski definition) is 1. The molecule has 0 heterocycles. The molecule has 1 aromatic carbocycles. The van der Waals surface area contributed by atoms with Crippen LogP contribution in [0.3, 0.4) is 0 Å². The van der Waals surface area contributed by atoms with Crippen molar-refractivity contribution in [2.45, 2.75) is 24.3 Å². The van der Waals surface area contributed by atoms with Crippen LogP contribution in [-0.2, 0) is 11.8 Å². The highest BCUT2D eigenvalue weighted by Crippen LogP contribution is 2.48. The molecule has 1 nitrogen and oxygen atoms in total. The van der Waals surface area contributed by atoms with Crippen molar-refractivity contribution in [2.75, 3.05) is 0 Å². The highest BCUT2D eigenvalue weighted by atomic mass is 19.4. The lowest BCUT2D eigenvalue weighted by Crippen LogP contribution is -2.13. The zero-order valence-corrected chi connectivity index (χ0v) is 7.68. The number of nitrogens with two attached hydrogens (primary N) is 1. The minimum Gasteiger partial charge on any atom is -0.325 e. The van der Waals surface area contributed by atoms with Gasteiger partial charge in [-0.05, 0) is 17.7 Å². The van der Waals surface area contributed by atoms with E-state index >= 15 is 0 Å². The highest BCUT2D eigenvalue weighted by Gasteiger charge is 2.54. The predicted molar refractivity (Wildman–Crippen MR) is 46.8 cm³/mol. The average Bonchev–Trinajstić information content (AvgIpc) is 2.75. The van der Waals surface area contributed by atoms with Crippen LogP contribution in [-0.4, -0.2) is 6.04 Å². The molecule has 0 amide bonds. The van der Waals surface area contributed by atoms with Crippen LogP contribution in [0.15, 0.2) is 24.3 Å². The van der Waals surface area contributed by atoms with Gasteiger partial charge in [-0.15, -0.1) is 0 Å². The van der Waals surface area contributed by atoms with E-state index in [9.17, 15) is 17.6 Å². The maximum atomic E-state index is 13.6. The summed E-state index contributed by atoms with van der Waals surface area (Å²) in [5, 5.41) is 0. The van der Waals surface area contributed by atoms with Crippen molar-refractivity contribution >= 4 is 0 Å². The minimum atomic E-state index is -4.38. The fourth-order valence-corrected chi connectivity index (χ4v) is 1.53. The summed E-state index contributed by atoms with van der Waals surface area (Å²) in [4.78, 5) is 0. The van der Waals surface area contributed by atoms with E-state index in [1.165, 1.54) is 0 Å². The summed E-state index contributed by atoms with van der Waals surface area (Å²) in [6.07, 6.45) is -4.20. The molecule has 1 aromatic rings. The minimum absolute atomic E-state index is 0.179. The Kier molecular flexibility index (Phi) is 2.05. The Morgan fingerprint density at radius 2 is 1.67 bits per heavy atom. The zero-order valence-electron chi connectivity index (χ0n) is 7.68. The third-order valence-corrected chi connectivity index (χ3v) is 2.64. The Bertz CT molecular complexity index is 370. The molecule has 0 spiro atoms. The topological polar surface area (TPSA) is 26.0 Å². The molecule has 0 saturated heterocycles. The molecule has 15 heavy (non-hydrogen) atoms. The van der Waals surface area contributed by atoms with E-state index in [2.05, 4.69) is 0 Å². The van der Waals surface area contributed by atoms with E-state index in [1.54, 1.807) is 0 Å². The second-order valence-corrected chi connectivity index (χ2v) is 3.75. The molecule has 0 aliphatic heterocycles. The molecule has 5 heteroatoms. The van der Waals surface area contributed by atoms with Gasteiger partial charge < -0.3 is 5.73 Å². The van der Waals surface area contributed by atoms with Crippen LogP contribution >= 0.6 is 0 Å². The van der Waals surface area contributed by atoms with E-state index in [0.29, 0.717) is 0 Å². The first-order chi connectivity index (χ1) is 6.84. The van der Waals surface area contributed by atoms with Gasteiger partial charge in [0.1, 0.15) is 0 Å². The largest absolute Gasteiger partial charge is 0.416 e. The standard InChI is InChI=1S/C10H9F4N/c11-9(5-8(9)15)6-1-3-7(4-2-6)10(12,13)14/h1-4,8H,5,15H2/t8-,9-/m0/s1. The summed E-state index contributed by atoms with van der Waals surface area (Å²) in [7, 11) is 0. The lowest BCUT2D eigenvalue weighted by molar-refractivity contribution is -0.137. The highest BCUT2D eigenvalue weighted by molar-refractivity contribution is 5.35. The molecule has 1 saturated carbocycles. The first kappa shape index (κ1) is 10.4. The van der Waals surface area contributed by atoms with Crippen LogP contribution in [0.1, 0.15) is 17.5 Å². The smallest absolute Gasteiger partial charge is 0.325 e. The van der Waals surface area contributed by atoms with Gasteiger partial charge >= 0.3 is 6.18 Å². The summed E-state index contributed by atoms with van der Waals surface area (Å²) < 4.78 is 50.2. The number of hydrogen-bond donors (Lipinski definition) is 1. The Balaban J connectivity index is 2.26. The summed E-state index contributed by atoms with van der Waals surface area (Å²) in [6, 6.07) is 3.46. The first-order valence-corrected chi connectivity index (χ1v) is 4.46. The fraction of sp³-hybridized carbons (Fsp3) is 0.400. The van der Waals surface area contributed by atoms with Crippen molar-refractivity contribution in [3.8, 4) is 0 Å². The van der Waals surface area contributed by atoms with Gasteiger partial charge in [0.25, 0.3) is 0 Å². The molecule has 0 radical (unpaired) electrons. The average molecular weight is 219 g/mol. The molecule has 2 rings (SSSR count). The predicted octanol–water partition coefficient (Wildman–Crippen LogP) is 2.60. The van der Waals surface area contributed by atoms with Crippen LogP contribution in [0.4, 0.5) is 17.6 Å². The zero-order chi connectivity index (χ0) is 11.3. The van der Waals surface area contributed by atoms with Crippen molar-refractivity contribution in [3.05, 3.63) is 35.4 Å². The van der Waals surface area contributed by atoms with Gasteiger partial charge in [-0.2, -0.15) is 13.2 Å². The quantitative estimate of drug-likeness (QED) is 0.722. The van der Waals surface area contributed by atoms with Crippen LogP contribution in [0, 0.1) is 0 Å². The van der Waals surface area contributed by atoms with E-state index in [1.807, 2.05) is 0 Å². The van der Waals surface area contributed by atoms with Crippen molar-refractivity contribution in [2.24, 2.45) is 5.73 Å². The summed E-state index contributed by atoms with van der Waals surface area (Å²) in [5.41, 5.74) is 3.19. The molecule has 1 aliphatic carbocycles. The van der Waals surface area contributed by atoms with Crippen molar-refractivity contribution < 1.29 is 17.6 Å². The monoisotopic (exact) mass is 219 g/mol. The van der Waals surface area contributed by atoms with E-state index in [4.69, 9.17) is 5.73 Å². The van der Waals surface area contributed by atoms with Crippen molar-refractivity contribution in [1.82, 2.24) is 0 Å². The van der Waals surface area contributed by atoms with Gasteiger partial charge in [0.15, 0.2) is 5.67 Å². The Morgan fingerprint density at radius 3 is 2.00 bits per heavy atom. The molecule has 2 atom stereocenters. The molecule has 1 aliphatic rings. The molecular formula is C10H9F4N. The number of benzene rings is 1. The molecule has 1 fully saturated rings. The van der Waals surface area contributed by atoms with Crippen molar-refractivity contribution in [3.63, 3.8) is 0 Å². The fourth-order valence-electron chi connectivity index (χ4n) is 1.53. The number of rotatable bonds is 1. The van der Waals surface area contributed by atoms with Crippen molar-refractivity contribution in [1.29, 1.82) is 0 Å². The number of halogens is 4. The van der Waals surface area contributed by atoms with E-state index in [-0.39, 0.29) is 12.0 Å². The Hall–Kier alpha value is -1.10. The lowest BCUT2D eigenvalue weighted by atomic mass is 10.1. The number of alkyl halides is 4.